The van der Waals surface area contributed by atoms with E-state index in [1.807, 2.05) is 13.8 Å². The SMILES string of the molecule is CO/N=C(\C(=O)N[C@@H]1C(=O)N2C(C(=O)OCOC(=O)CC(C)C)=CCS[C@H]12)c1csc(NC(=O)[C@H](C)NC(=O)OC(C)(C)C)n1. The van der Waals surface area contributed by atoms with Gasteiger partial charge in [-0.25, -0.2) is 14.6 Å². The molecule has 246 valence electrons. The average Bonchev–Trinajstić information content (AvgIpc) is 3.40. The summed E-state index contributed by atoms with van der Waals surface area (Å²) in [5, 5.41) is 12.3. The summed E-state index contributed by atoms with van der Waals surface area (Å²) in [6.45, 7) is 9.64. The summed E-state index contributed by atoms with van der Waals surface area (Å²) < 4.78 is 15.1. The molecule has 0 radical (unpaired) electrons. The predicted octanol–water partition coefficient (Wildman–Crippen LogP) is 1.72. The maximum Gasteiger partial charge on any atom is 0.408 e. The van der Waals surface area contributed by atoms with E-state index in [9.17, 15) is 28.8 Å². The lowest BCUT2D eigenvalue weighted by molar-refractivity contribution is -0.168. The molecule has 3 N–H and O–H groups in total. The first-order valence-corrected chi connectivity index (χ1v) is 15.7. The number of ether oxygens (including phenoxy) is 3. The summed E-state index contributed by atoms with van der Waals surface area (Å²) in [6, 6.07) is -1.96. The smallest absolute Gasteiger partial charge is 0.408 e. The van der Waals surface area contributed by atoms with Crippen molar-refractivity contribution >= 4 is 69.7 Å². The molecule has 0 aliphatic carbocycles. The first-order chi connectivity index (χ1) is 21.1. The molecule has 0 aromatic carbocycles. The highest BCUT2D eigenvalue weighted by Gasteiger charge is 2.53. The van der Waals surface area contributed by atoms with Gasteiger partial charge in [-0.05, 0) is 39.7 Å². The molecule has 3 heterocycles. The summed E-state index contributed by atoms with van der Waals surface area (Å²) >= 11 is 2.31. The van der Waals surface area contributed by atoms with Crippen LogP contribution in [0.1, 0.15) is 53.7 Å². The number of thiazole rings is 1. The molecule has 0 unspecified atom stereocenters. The van der Waals surface area contributed by atoms with E-state index in [0.717, 1.165) is 11.3 Å². The number of hydrogen-bond acceptors (Lipinski definition) is 14. The summed E-state index contributed by atoms with van der Waals surface area (Å²) in [5.41, 5.74) is -0.969. The van der Waals surface area contributed by atoms with Crippen molar-refractivity contribution in [1.29, 1.82) is 0 Å². The van der Waals surface area contributed by atoms with Crippen LogP contribution < -0.4 is 16.0 Å². The van der Waals surface area contributed by atoms with Gasteiger partial charge in [0.2, 0.25) is 12.7 Å². The molecule has 1 aromatic heterocycles. The van der Waals surface area contributed by atoms with Crippen LogP contribution in [0.25, 0.3) is 0 Å². The molecule has 3 atom stereocenters. The Balaban J connectivity index is 1.58. The average molecular weight is 669 g/mol. The first-order valence-electron chi connectivity index (χ1n) is 13.8. The highest BCUT2D eigenvalue weighted by molar-refractivity contribution is 8.00. The van der Waals surface area contributed by atoms with E-state index in [0.29, 0.717) is 5.75 Å². The summed E-state index contributed by atoms with van der Waals surface area (Å²) in [6.07, 6.45) is 0.920. The monoisotopic (exact) mass is 668 g/mol. The third-order valence-corrected chi connectivity index (χ3v) is 7.77. The molecule has 18 heteroatoms. The molecular weight excluding hydrogens is 632 g/mol. The lowest BCUT2D eigenvalue weighted by Gasteiger charge is -2.48. The molecule has 1 aromatic rings. The number of aromatic nitrogens is 1. The lowest BCUT2D eigenvalue weighted by atomic mass is 10.0. The maximum absolute atomic E-state index is 13.2. The van der Waals surface area contributed by atoms with E-state index >= 15 is 0 Å². The minimum atomic E-state index is -0.998. The molecule has 0 bridgehead atoms. The van der Waals surface area contributed by atoms with Crippen LogP contribution in [0.3, 0.4) is 0 Å². The van der Waals surface area contributed by atoms with Crippen LogP contribution in [0.5, 0.6) is 0 Å². The second-order valence-electron chi connectivity index (χ2n) is 11.2. The molecule has 0 spiro atoms. The Bertz CT molecular complexity index is 1390. The number of hydrogen-bond donors (Lipinski definition) is 3. The van der Waals surface area contributed by atoms with Crippen molar-refractivity contribution in [3.8, 4) is 0 Å². The van der Waals surface area contributed by atoms with Gasteiger partial charge < -0.3 is 35.0 Å². The van der Waals surface area contributed by atoms with Crippen molar-refractivity contribution in [2.45, 2.75) is 71.0 Å². The fourth-order valence-corrected chi connectivity index (χ4v) is 5.75. The zero-order chi connectivity index (χ0) is 33.5. The number of carbonyl (C=O) groups excluding carboxylic acids is 6. The molecule has 1 saturated heterocycles. The summed E-state index contributed by atoms with van der Waals surface area (Å²) in [4.78, 5) is 85.3. The topological polar surface area (TPSA) is 204 Å². The highest BCUT2D eigenvalue weighted by atomic mass is 32.2. The number of esters is 2. The van der Waals surface area contributed by atoms with Crippen LogP contribution >= 0.6 is 23.1 Å². The molecule has 16 nitrogen and oxygen atoms in total. The van der Waals surface area contributed by atoms with E-state index in [-0.39, 0.29) is 34.6 Å². The zero-order valence-electron chi connectivity index (χ0n) is 25.8. The van der Waals surface area contributed by atoms with E-state index in [2.05, 4.69) is 26.1 Å². The standard InChI is InChI=1S/C27H36N6O10S2/c1-13(2)10-17(34)41-12-42-24(38)16-8-9-44-23-19(22(37)33(16)23)30-21(36)18(32-40-7)15-11-45-25(29-15)31-20(35)14(3)28-26(39)43-27(4,5)6/h8,11,13-14,19,23H,9-10,12H2,1-7H3,(H,28,39)(H,30,36)(H,29,31,35)/b32-18-/t14-,19+,23+/m0/s1. The van der Waals surface area contributed by atoms with Gasteiger partial charge in [-0.15, -0.1) is 23.1 Å². The zero-order valence-corrected chi connectivity index (χ0v) is 27.5. The Morgan fingerprint density at radius 3 is 2.51 bits per heavy atom. The van der Waals surface area contributed by atoms with Crippen LogP contribution in [0, 0.1) is 5.92 Å². The Labute approximate surface area is 267 Å². The fourth-order valence-electron chi connectivity index (χ4n) is 3.85. The number of alkyl carbamates (subject to hydrolysis) is 1. The highest BCUT2D eigenvalue weighted by Crippen LogP contribution is 2.38. The van der Waals surface area contributed by atoms with Crippen molar-refractivity contribution in [3.05, 3.63) is 22.8 Å². The Morgan fingerprint density at radius 2 is 1.87 bits per heavy atom. The van der Waals surface area contributed by atoms with Crippen molar-refractivity contribution in [2.24, 2.45) is 11.1 Å². The van der Waals surface area contributed by atoms with E-state index in [1.165, 1.54) is 42.2 Å². The van der Waals surface area contributed by atoms with Gasteiger partial charge in [0.1, 0.15) is 41.6 Å². The first kappa shape index (κ1) is 35.3. The van der Waals surface area contributed by atoms with Gasteiger partial charge in [-0.1, -0.05) is 19.0 Å². The van der Waals surface area contributed by atoms with Crippen molar-refractivity contribution in [1.82, 2.24) is 20.5 Å². The number of oxime groups is 1. The predicted molar refractivity (Wildman–Crippen MR) is 163 cm³/mol. The van der Waals surface area contributed by atoms with Gasteiger partial charge in [-0.2, -0.15) is 0 Å². The molecule has 1 fully saturated rings. The quantitative estimate of drug-likeness (QED) is 0.0958. The fraction of sp³-hybridized carbons (Fsp3) is 0.556. The number of nitrogens with zero attached hydrogens (tertiary/aromatic N) is 3. The number of amides is 4. The Morgan fingerprint density at radius 1 is 1.16 bits per heavy atom. The van der Waals surface area contributed by atoms with Crippen LogP contribution in [0.15, 0.2) is 22.3 Å². The maximum atomic E-state index is 13.2. The summed E-state index contributed by atoms with van der Waals surface area (Å²) in [5.74, 6) is -2.85. The number of β-lactam (4-membered cyclic amide) rings is 1. The van der Waals surface area contributed by atoms with Crippen LogP contribution in [0.4, 0.5) is 9.93 Å². The third-order valence-electron chi connectivity index (χ3n) is 5.83. The molecule has 0 saturated carbocycles. The summed E-state index contributed by atoms with van der Waals surface area (Å²) in [7, 11) is 1.22. The van der Waals surface area contributed by atoms with Gasteiger partial charge in [-0.3, -0.25) is 24.1 Å². The van der Waals surface area contributed by atoms with Gasteiger partial charge in [0.25, 0.3) is 11.8 Å². The van der Waals surface area contributed by atoms with Crippen LogP contribution in [-0.2, 0) is 43.0 Å². The Hall–Kier alpha value is -4.19. The molecule has 45 heavy (non-hydrogen) atoms. The molecule has 2 aliphatic heterocycles. The second-order valence-corrected chi connectivity index (χ2v) is 13.2. The number of nitrogens with one attached hydrogen (secondary N) is 3. The lowest BCUT2D eigenvalue weighted by Crippen LogP contribution is -2.70. The van der Waals surface area contributed by atoms with Crippen LogP contribution in [0.2, 0.25) is 0 Å². The number of anilines is 1. The van der Waals surface area contributed by atoms with Crippen LogP contribution in [-0.4, -0.2) is 94.1 Å². The van der Waals surface area contributed by atoms with Crippen molar-refractivity contribution in [3.63, 3.8) is 0 Å². The molecule has 4 amide bonds. The van der Waals surface area contributed by atoms with E-state index in [1.54, 1.807) is 20.8 Å². The molecular formula is C27H36N6O10S2. The normalized spacial score (nSPS) is 18.5. The number of carbonyl (C=O) groups is 6. The Kier molecular flexibility index (Phi) is 11.9. The number of rotatable bonds is 12. The van der Waals surface area contributed by atoms with E-state index < -0.39 is 65.6 Å². The number of thioether (sulfide) groups is 1. The third kappa shape index (κ3) is 9.65. The minimum absolute atomic E-state index is 0.0183. The van der Waals surface area contributed by atoms with Gasteiger partial charge in [0, 0.05) is 17.6 Å². The number of fused-ring (bicyclic) bond motifs is 1. The minimum Gasteiger partial charge on any atom is -0.444 e. The van der Waals surface area contributed by atoms with Crippen molar-refractivity contribution in [2.75, 3.05) is 25.0 Å². The van der Waals surface area contributed by atoms with Gasteiger partial charge in [0.15, 0.2) is 10.8 Å². The van der Waals surface area contributed by atoms with Gasteiger partial charge >= 0.3 is 18.0 Å². The largest absolute Gasteiger partial charge is 0.444 e. The second kappa shape index (κ2) is 15.2. The van der Waals surface area contributed by atoms with Crippen molar-refractivity contribution < 1.29 is 47.8 Å². The van der Waals surface area contributed by atoms with Gasteiger partial charge in [0.05, 0.1) is 0 Å². The molecule has 2 aliphatic rings. The molecule has 3 rings (SSSR count). The van der Waals surface area contributed by atoms with E-state index in [4.69, 9.17) is 19.0 Å².